The van der Waals surface area contributed by atoms with Crippen LogP contribution in [-0.4, -0.2) is 34.4 Å². The first-order valence-electron chi connectivity index (χ1n) is 6.00. The van der Waals surface area contributed by atoms with Gasteiger partial charge in [-0.1, -0.05) is 0 Å². The second-order valence-corrected chi connectivity index (χ2v) is 6.31. The highest BCUT2D eigenvalue weighted by Gasteiger charge is 2.06. The molecule has 0 saturated carbocycles. The zero-order chi connectivity index (χ0) is 13.4. The van der Waals surface area contributed by atoms with Crippen molar-refractivity contribution in [3.8, 4) is 0 Å². The predicted octanol–water partition coefficient (Wildman–Crippen LogP) is 1.96. The van der Waals surface area contributed by atoms with Crippen LogP contribution in [0.4, 0.5) is 0 Å². The summed E-state index contributed by atoms with van der Waals surface area (Å²) in [7, 11) is 0. The topological polar surface area (TPSA) is 62.2 Å². The van der Waals surface area contributed by atoms with Crippen LogP contribution in [0.15, 0.2) is 5.38 Å². The first kappa shape index (κ1) is 15.5. The van der Waals surface area contributed by atoms with Crippen LogP contribution in [0.5, 0.6) is 0 Å². The highest BCUT2D eigenvalue weighted by Crippen LogP contribution is 2.15. The third-order valence-electron chi connectivity index (χ3n) is 2.36. The average Bonchev–Trinajstić information content (AvgIpc) is 2.71. The first-order chi connectivity index (χ1) is 8.61. The van der Waals surface area contributed by atoms with Gasteiger partial charge in [0.15, 0.2) is 0 Å². The third-order valence-corrected chi connectivity index (χ3v) is 4.17. The van der Waals surface area contributed by atoms with Gasteiger partial charge in [-0.25, -0.2) is 4.98 Å². The normalized spacial score (nSPS) is 12.4. The van der Waals surface area contributed by atoms with Crippen molar-refractivity contribution in [3.05, 3.63) is 16.1 Å². The Morgan fingerprint density at radius 2 is 2.44 bits per heavy atom. The number of aromatic nitrogens is 1. The van der Waals surface area contributed by atoms with Crippen LogP contribution in [0.1, 0.15) is 30.5 Å². The number of thioether (sulfide) groups is 1. The summed E-state index contributed by atoms with van der Waals surface area (Å²) in [4.78, 5) is 15.9. The van der Waals surface area contributed by atoms with E-state index < -0.39 is 0 Å². The molecule has 0 spiro atoms. The summed E-state index contributed by atoms with van der Waals surface area (Å²) in [6, 6.07) is 0.0497. The van der Waals surface area contributed by atoms with E-state index >= 15 is 0 Å². The number of nitrogens with one attached hydrogen (secondary N) is 1. The van der Waals surface area contributed by atoms with E-state index in [1.165, 1.54) is 0 Å². The van der Waals surface area contributed by atoms with Gasteiger partial charge in [-0.05, 0) is 20.3 Å². The van der Waals surface area contributed by atoms with Gasteiger partial charge in [0.05, 0.1) is 10.7 Å². The predicted molar refractivity (Wildman–Crippen MR) is 76.9 cm³/mol. The van der Waals surface area contributed by atoms with Crippen molar-refractivity contribution >= 4 is 29.0 Å². The molecule has 0 aliphatic heterocycles. The summed E-state index contributed by atoms with van der Waals surface area (Å²) in [6.45, 7) is 4.01. The van der Waals surface area contributed by atoms with Crippen molar-refractivity contribution in [2.75, 3.05) is 12.4 Å². The number of carbonyl (C=O) groups excluding carboxylic acids is 1. The van der Waals surface area contributed by atoms with Crippen molar-refractivity contribution in [2.24, 2.45) is 0 Å². The maximum Gasteiger partial charge on any atom is 0.221 e. The zero-order valence-electron chi connectivity index (χ0n) is 10.8. The van der Waals surface area contributed by atoms with E-state index in [2.05, 4.69) is 15.7 Å². The molecule has 1 rings (SSSR count). The van der Waals surface area contributed by atoms with Crippen LogP contribution >= 0.6 is 23.1 Å². The molecule has 1 unspecified atom stereocenters. The number of aliphatic hydroxyl groups is 1. The van der Waals surface area contributed by atoms with Crippen molar-refractivity contribution in [2.45, 2.75) is 38.5 Å². The number of hydrogen-bond acceptors (Lipinski definition) is 5. The number of aryl methyl sites for hydroxylation is 1. The Morgan fingerprint density at radius 3 is 3.06 bits per heavy atom. The Kier molecular flexibility index (Phi) is 7.31. The molecule has 0 bridgehead atoms. The minimum Gasteiger partial charge on any atom is -0.396 e. The monoisotopic (exact) mass is 288 g/mol. The molecule has 0 aliphatic carbocycles. The van der Waals surface area contributed by atoms with E-state index in [1.54, 1.807) is 23.1 Å². The molecule has 6 heteroatoms. The van der Waals surface area contributed by atoms with Gasteiger partial charge >= 0.3 is 0 Å². The lowest BCUT2D eigenvalue weighted by atomic mass is 10.2. The molecule has 2 N–H and O–H groups in total. The molecule has 0 radical (unpaired) electrons. The van der Waals surface area contributed by atoms with E-state index in [0.29, 0.717) is 12.8 Å². The van der Waals surface area contributed by atoms with Crippen molar-refractivity contribution < 1.29 is 9.90 Å². The van der Waals surface area contributed by atoms with Gasteiger partial charge in [-0.3, -0.25) is 4.79 Å². The first-order valence-corrected chi connectivity index (χ1v) is 8.04. The molecule has 0 saturated heterocycles. The summed E-state index contributed by atoms with van der Waals surface area (Å²) in [5.74, 6) is 1.72. The molecular weight excluding hydrogens is 268 g/mol. The lowest BCUT2D eigenvalue weighted by molar-refractivity contribution is -0.121. The van der Waals surface area contributed by atoms with Crippen molar-refractivity contribution in [1.82, 2.24) is 10.3 Å². The summed E-state index contributed by atoms with van der Waals surface area (Å²) < 4.78 is 0. The van der Waals surface area contributed by atoms with Crippen molar-refractivity contribution in [1.29, 1.82) is 0 Å². The van der Waals surface area contributed by atoms with Gasteiger partial charge in [-0.2, -0.15) is 11.8 Å². The molecular formula is C12H20N2O2S2. The van der Waals surface area contributed by atoms with Crippen LogP contribution < -0.4 is 5.32 Å². The molecule has 0 fully saturated rings. The van der Waals surface area contributed by atoms with E-state index in [-0.39, 0.29) is 18.6 Å². The minimum absolute atomic E-state index is 0.0497. The fourth-order valence-corrected chi connectivity index (χ4v) is 2.98. The summed E-state index contributed by atoms with van der Waals surface area (Å²) in [5.41, 5.74) is 1.09. The molecule has 102 valence electrons. The standard InChI is InChI=1S/C12H20N2O2S2/c1-9(3-5-15)13-12(16)4-6-17-7-11-8-18-10(2)14-11/h8-9,15H,3-7H2,1-2H3,(H,13,16). The number of hydrogen-bond donors (Lipinski definition) is 2. The smallest absolute Gasteiger partial charge is 0.221 e. The number of rotatable bonds is 8. The minimum atomic E-state index is 0.0497. The molecule has 18 heavy (non-hydrogen) atoms. The molecule has 1 aromatic rings. The Bertz CT molecular complexity index is 369. The van der Waals surface area contributed by atoms with Gasteiger partial charge in [0.25, 0.3) is 0 Å². The van der Waals surface area contributed by atoms with Gasteiger partial charge < -0.3 is 10.4 Å². The van der Waals surface area contributed by atoms with E-state index in [0.717, 1.165) is 22.2 Å². The van der Waals surface area contributed by atoms with Crippen LogP contribution in [0, 0.1) is 6.92 Å². The fraction of sp³-hybridized carbons (Fsp3) is 0.667. The van der Waals surface area contributed by atoms with E-state index in [9.17, 15) is 4.79 Å². The number of nitrogens with zero attached hydrogens (tertiary/aromatic N) is 1. The summed E-state index contributed by atoms with van der Waals surface area (Å²) in [6.07, 6.45) is 1.13. The van der Waals surface area contributed by atoms with Gasteiger partial charge in [-0.15, -0.1) is 11.3 Å². The molecule has 1 aromatic heterocycles. The Labute approximate surface area is 116 Å². The van der Waals surface area contributed by atoms with E-state index in [1.807, 2.05) is 13.8 Å². The fourth-order valence-electron chi connectivity index (χ4n) is 1.43. The lowest BCUT2D eigenvalue weighted by Crippen LogP contribution is -2.33. The Hall–Kier alpha value is -0.590. The maximum atomic E-state index is 11.5. The van der Waals surface area contributed by atoms with E-state index in [4.69, 9.17) is 5.11 Å². The van der Waals surface area contributed by atoms with Gasteiger partial charge in [0, 0.05) is 36.0 Å². The second-order valence-electron chi connectivity index (χ2n) is 4.14. The summed E-state index contributed by atoms with van der Waals surface area (Å²) >= 11 is 3.38. The number of carbonyl (C=O) groups is 1. The quantitative estimate of drug-likeness (QED) is 0.718. The summed E-state index contributed by atoms with van der Waals surface area (Å²) in [5, 5.41) is 14.7. The highest BCUT2D eigenvalue weighted by molar-refractivity contribution is 7.98. The van der Waals surface area contributed by atoms with Gasteiger partial charge in [0.1, 0.15) is 0 Å². The van der Waals surface area contributed by atoms with Gasteiger partial charge in [0.2, 0.25) is 5.91 Å². The Morgan fingerprint density at radius 1 is 1.67 bits per heavy atom. The zero-order valence-corrected chi connectivity index (χ0v) is 12.4. The average molecular weight is 288 g/mol. The largest absolute Gasteiger partial charge is 0.396 e. The van der Waals surface area contributed by atoms with Crippen LogP contribution in [-0.2, 0) is 10.5 Å². The van der Waals surface area contributed by atoms with Crippen LogP contribution in [0.3, 0.4) is 0 Å². The van der Waals surface area contributed by atoms with Crippen LogP contribution in [0.2, 0.25) is 0 Å². The molecule has 1 amide bonds. The number of aliphatic hydroxyl groups excluding tert-OH is 1. The highest BCUT2D eigenvalue weighted by atomic mass is 32.2. The lowest BCUT2D eigenvalue weighted by Gasteiger charge is -2.11. The SMILES string of the molecule is Cc1nc(CSCCC(=O)NC(C)CCO)cs1. The molecule has 1 heterocycles. The van der Waals surface area contributed by atoms with Crippen molar-refractivity contribution in [3.63, 3.8) is 0 Å². The number of thiazole rings is 1. The number of amides is 1. The molecule has 4 nitrogen and oxygen atoms in total. The third kappa shape index (κ3) is 6.37. The molecule has 1 atom stereocenters. The van der Waals surface area contributed by atoms with Crippen LogP contribution in [0.25, 0.3) is 0 Å². The molecule has 0 aliphatic rings. The molecule has 0 aromatic carbocycles. The Balaban J connectivity index is 2.08. The second kappa shape index (κ2) is 8.50. The maximum absolute atomic E-state index is 11.5.